The zero-order chi connectivity index (χ0) is 13.7. The fourth-order valence-corrected chi connectivity index (χ4v) is 2.24. The summed E-state index contributed by atoms with van der Waals surface area (Å²) in [6, 6.07) is 9.03. The summed E-state index contributed by atoms with van der Waals surface area (Å²) >= 11 is 9.20. The maximum absolute atomic E-state index is 9.92. The van der Waals surface area contributed by atoms with Crippen molar-refractivity contribution in [3.05, 3.63) is 57.8 Å². The average Bonchev–Trinajstić information content (AvgIpc) is 2.36. The normalized spacial score (nSPS) is 12.2. The maximum Gasteiger partial charge on any atom is 0.120 e. The molecule has 1 atom stereocenters. The number of hydrogen-bond acceptors (Lipinski definition) is 3. The van der Waals surface area contributed by atoms with E-state index in [1.807, 2.05) is 12.1 Å². The highest BCUT2D eigenvalue weighted by molar-refractivity contribution is 9.10. The van der Waals surface area contributed by atoms with Crippen LogP contribution in [0, 0.1) is 0 Å². The van der Waals surface area contributed by atoms with Gasteiger partial charge in [0.15, 0.2) is 0 Å². The van der Waals surface area contributed by atoms with E-state index >= 15 is 0 Å². The molecule has 100 valence electrons. The van der Waals surface area contributed by atoms with E-state index < -0.39 is 6.10 Å². The van der Waals surface area contributed by atoms with Crippen LogP contribution in [0.5, 0.6) is 5.75 Å². The molecule has 19 heavy (non-hydrogen) atoms. The van der Waals surface area contributed by atoms with Crippen molar-refractivity contribution in [3.8, 4) is 5.75 Å². The second-order valence-electron chi connectivity index (χ2n) is 4.14. The fraction of sp³-hybridized carbons (Fsp3) is 0.214. The van der Waals surface area contributed by atoms with Crippen molar-refractivity contribution >= 4 is 27.5 Å². The third kappa shape index (κ3) is 4.82. The molecule has 2 aromatic rings. The first-order chi connectivity index (χ1) is 9.13. The van der Waals surface area contributed by atoms with Crippen molar-refractivity contribution < 1.29 is 9.84 Å². The van der Waals surface area contributed by atoms with Crippen LogP contribution >= 0.6 is 27.5 Å². The number of pyridine rings is 1. The van der Waals surface area contributed by atoms with Gasteiger partial charge in [0.25, 0.3) is 0 Å². The van der Waals surface area contributed by atoms with Crippen LogP contribution in [-0.2, 0) is 6.42 Å². The minimum absolute atomic E-state index is 0.215. The lowest BCUT2D eigenvalue weighted by atomic mass is 10.1. The number of aliphatic hydroxyl groups is 1. The van der Waals surface area contributed by atoms with Gasteiger partial charge in [0.2, 0.25) is 0 Å². The topological polar surface area (TPSA) is 42.4 Å². The van der Waals surface area contributed by atoms with Gasteiger partial charge in [-0.3, -0.25) is 4.98 Å². The predicted molar refractivity (Wildman–Crippen MR) is 78.6 cm³/mol. The lowest BCUT2D eigenvalue weighted by Crippen LogP contribution is -2.20. The van der Waals surface area contributed by atoms with E-state index in [1.165, 1.54) is 0 Å². The van der Waals surface area contributed by atoms with E-state index in [9.17, 15) is 5.11 Å². The summed E-state index contributed by atoms with van der Waals surface area (Å²) in [5.74, 6) is 0.652. The molecular formula is C14H13BrClNO2. The van der Waals surface area contributed by atoms with Gasteiger partial charge in [-0.05, 0) is 45.8 Å². The Labute approximate surface area is 125 Å². The summed E-state index contributed by atoms with van der Waals surface area (Å²) in [5.41, 5.74) is 0.955. The molecule has 1 N–H and O–H groups in total. The van der Waals surface area contributed by atoms with Crippen molar-refractivity contribution in [1.29, 1.82) is 0 Å². The summed E-state index contributed by atoms with van der Waals surface area (Å²) in [4.78, 5) is 4.05. The lowest BCUT2D eigenvalue weighted by Gasteiger charge is -2.12. The number of rotatable bonds is 5. The molecule has 0 saturated carbocycles. The van der Waals surface area contributed by atoms with Crippen LogP contribution in [0.3, 0.4) is 0 Å². The van der Waals surface area contributed by atoms with Gasteiger partial charge in [0, 0.05) is 28.3 Å². The fourth-order valence-electron chi connectivity index (χ4n) is 1.65. The summed E-state index contributed by atoms with van der Waals surface area (Å²) in [5, 5.41) is 10.5. The highest BCUT2D eigenvalue weighted by atomic mass is 79.9. The zero-order valence-corrected chi connectivity index (χ0v) is 12.4. The van der Waals surface area contributed by atoms with Gasteiger partial charge in [0.1, 0.15) is 12.4 Å². The van der Waals surface area contributed by atoms with E-state index in [0.717, 1.165) is 10.0 Å². The van der Waals surface area contributed by atoms with E-state index in [2.05, 4.69) is 20.9 Å². The first-order valence-corrected chi connectivity index (χ1v) is 6.96. The number of aromatic nitrogens is 1. The van der Waals surface area contributed by atoms with E-state index in [4.69, 9.17) is 16.3 Å². The van der Waals surface area contributed by atoms with Crippen molar-refractivity contribution in [2.75, 3.05) is 6.61 Å². The SMILES string of the molecule is OC(COc1cccc(Cl)c1)Cc1cncc(Br)c1. The predicted octanol–water partition coefficient (Wildman–Crippen LogP) is 3.48. The Bertz CT molecular complexity index is 550. The van der Waals surface area contributed by atoms with Crippen LogP contribution < -0.4 is 4.74 Å². The molecule has 5 heteroatoms. The van der Waals surface area contributed by atoms with Gasteiger partial charge in [-0.15, -0.1) is 0 Å². The summed E-state index contributed by atoms with van der Waals surface area (Å²) in [7, 11) is 0. The Kier molecular flexibility index (Phi) is 5.19. The molecule has 0 radical (unpaired) electrons. The van der Waals surface area contributed by atoms with Gasteiger partial charge >= 0.3 is 0 Å². The van der Waals surface area contributed by atoms with Gasteiger partial charge < -0.3 is 9.84 Å². The second kappa shape index (κ2) is 6.89. The minimum atomic E-state index is -0.588. The van der Waals surface area contributed by atoms with E-state index in [1.54, 1.807) is 30.6 Å². The molecule has 1 aromatic carbocycles. The molecule has 0 aliphatic rings. The van der Waals surface area contributed by atoms with E-state index in [0.29, 0.717) is 17.2 Å². The molecule has 1 aromatic heterocycles. The van der Waals surface area contributed by atoms with Crippen LogP contribution in [0.15, 0.2) is 47.2 Å². The molecule has 0 saturated heterocycles. The Morgan fingerprint density at radius 3 is 2.89 bits per heavy atom. The van der Waals surface area contributed by atoms with Crippen LogP contribution in [-0.4, -0.2) is 22.8 Å². The molecule has 0 fully saturated rings. The Hall–Kier alpha value is -1.10. The highest BCUT2D eigenvalue weighted by Gasteiger charge is 2.07. The Balaban J connectivity index is 1.86. The lowest BCUT2D eigenvalue weighted by molar-refractivity contribution is 0.107. The van der Waals surface area contributed by atoms with E-state index in [-0.39, 0.29) is 6.61 Å². The van der Waals surface area contributed by atoms with Crippen molar-refractivity contribution in [3.63, 3.8) is 0 Å². The molecule has 0 aliphatic carbocycles. The largest absolute Gasteiger partial charge is 0.491 e. The summed E-state index contributed by atoms with van der Waals surface area (Å²) in [6.07, 6.45) is 3.34. The molecule has 0 bridgehead atoms. The second-order valence-corrected chi connectivity index (χ2v) is 5.49. The average molecular weight is 343 g/mol. The first kappa shape index (κ1) is 14.3. The van der Waals surface area contributed by atoms with Crippen molar-refractivity contribution in [2.24, 2.45) is 0 Å². The maximum atomic E-state index is 9.92. The number of hydrogen-bond donors (Lipinski definition) is 1. The van der Waals surface area contributed by atoms with Crippen LogP contribution in [0.4, 0.5) is 0 Å². The number of nitrogens with zero attached hydrogens (tertiary/aromatic N) is 1. The van der Waals surface area contributed by atoms with Crippen LogP contribution in [0.2, 0.25) is 5.02 Å². The number of halogens is 2. The first-order valence-electron chi connectivity index (χ1n) is 5.79. The molecule has 0 aliphatic heterocycles. The zero-order valence-electron chi connectivity index (χ0n) is 10.1. The standard InChI is InChI=1S/C14H13BrClNO2/c15-11-4-10(7-17-8-11)5-13(18)9-19-14-3-1-2-12(16)6-14/h1-4,6-8,13,18H,5,9H2. The monoisotopic (exact) mass is 341 g/mol. The van der Waals surface area contributed by atoms with Gasteiger partial charge in [0.05, 0.1) is 6.10 Å². The molecule has 0 spiro atoms. The molecule has 2 rings (SSSR count). The highest BCUT2D eigenvalue weighted by Crippen LogP contribution is 2.17. The van der Waals surface area contributed by atoms with Crippen molar-refractivity contribution in [1.82, 2.24) is 4.98 Å². The quantitative estimate of drug-likeness (QED) is 0.904. The minimum Gasteiger partial charge on any atom is -0.491 e. The molecular weight excluding hydrogens is 330 g/mol. The number of benzene rings is 1. The number of aliphatic hydroxyl groups excluding tert-OH is 1. The van der Waals surface area contributed by atoms with Crippen LogP contribution in [0.1, 0.15) is 5.56 Å². The summed E-state index contributed by atoms with van der Waals surface area (Å²) in [6.45, 7) is 0.215. The number of ether oxygens (including phenoxy) is 1. The molecule has 3 nitrogen and oxygen atoms in total. The molecule has 1 heterocycles. The molecule has 1 unspecified atom stereocenters. The Morgan fingerprint density at radius 2 is 2.16 bits per heavy atom. The van der Waals surface area contributed by atoms with Gasteiger partial charge in [-0.1, -0.05) is 17.7 Å². The van der Waals surface area contributed by atoms with Gasteiger partial charge in [-0.25, -0.2) is 0 Å². The Morgan fingerprint density at radius 1 is 1.32 bits per heavy atom. The third-order valence-electron chi connectivity index (χ3n) is 2.47. The van der Waals surface area contributed by atoms with Crippen LogP contribution in [0.25, 0.3) is 0 Å². The summed E-state index contributed by atoms with van der Waals surface area (Å²) < 4.78 is 6.38. The molecule has 0 amide bonds. The van der Waals surface area contributed by atoms with Crippen molar-refractivity contribution in [2.45, 2.75) is 12.5 Å². The smallest absolute Gasteiger partial charge is 0.120 e. The van der Waals surface area contributed by atoms with Gasteiger partial charge in [-0.2, -0.15) is 0 Å². The third-order valence-corrected chi connectivity index (χ3v) is 3.14.